The number of hydrogen-bond donors (Lipinski definition) is 1. The second-order valence-electron chi connectivity index (χ2n) is 11.5. The van der Waals surface area contributed by atoms with Crippen molar-refractivity contribution in [3.05, 3.63) is 108 Å². The average Bonchev–Trinajstić information content (AvgIpc) is 3.08. The summed E-state index contributed by atoms with van der Waals surface area (Å²) < 4.78 is 66.9. The molecule has 0 fully saturated rings. The van der Waals surface area contributed by atoms with Crippen LogP contribution in [-0.2, 0) is 29.8 Å². The van der Waals surface area contributed by atoms with Gasteiger partial charge in [0.05, 0.1) is 5.60 Å². The highest BCUT2D eigenvalue weighted by molar-refractivity contribution is 7.87. The molecule has 0 bridgehead atoms. The number of diazo groups is 1. The maximum atomic E-state index is 14.1. The van der Waals surface area contributed by atoms with Crippen LogP contribution in [0.5, 0.6) is 11.5 Å². The summed E-state index contributed by atoms with van der Waals surface area (Å²) in [4.78, 5) is 3.01. The first-order valence-electron chi connectivity index (χ1n) is 15.5. The van der Waals surface area contributed by atoms with E-state index in [9.17, 15) is 27.3 Å². The highest BCUT2D eigenvalue weighted by atomic mass is 32.2. The Morgan fingerprint density at radius 2 is 1.23 bits per heavy atom. The van der Waals surface area contributed by atoms with Gasteiger partial charge >= 0.3 is 15.8 Å². The zero-order chi connectivity index (χ0) is 34.0. The first-order chi connectivity index (χ1) is 22.4. The van der Waals surface area contributed by atoms with E-state index in [2.05, 4.69) is 4.98 Å². The zero-order valence-corrected chi connectivity index (χ0v) is 28.3. The van der Waals surface area contributed by atoms with Crippen LogP contribution >= 0.6 is 0 Å². The molecule has 9 nitrogen and oxygen atoms in total. The number of benzene rings is 5. The lowest BCUT2D eigenvalue weighted by molar-refractivity contribution is -0.0227. The Morgan fingerprint density at radius 3 is 1.85 bits per heavy atom. The van der Waals surface area contributed by atoms with E-state index in [0.29, 0.717) is 31.1 Å². The number of nitrogens with zero attached hydrogens (tertiary/aromatic N) is 2. The maximum Gasteiger partial charge on any atom is 0.426 e. The van der Waals surface area contributed by atoms with Gasteiger partial charge in [0.15, 0.2) is 4.98 Å². The molecule has 5 aromatic rings. The van der Waals surface area contributed by atoms with Crippen LogP contribution in [0.4, 0.5) is 5.69 Å². The topological polar surface area (TPSA) is 135 Å². The summed E-state index contributed by atoms with van der Waals surface area (Å²) in [6, 6.07) is 26.2. The molecule has 0 unspecified atom stereocenters. The van der Waals surface area contributed by atoms with Gasteiger partial charge in [-0.2, -0.15) is 16.8 Å². The molecule has 244 valence electrons. The van der Waals surface area contributed by atoms with Gasteiger partial charge in [-0.05, 0) is 67.0 Å². The van der Waals surface area contributed by atoms with Crippen molar-refractivity contribution in [3.63, 3.8) is 0 Å². The van der Waals surface area contributed by atoms with Crippen LogP contribution in [-0.4, -0.2) is 27.5 Å². The lowest BCUT2D eigenvalue weighted by Crippen LogP contribution is -2.53. The third-order valence-corrected chi connectivity index (χ3v) is 12.2. The Balaban J connectivity index is 1.53. The molecular formula is C36H37N2O7S2+. The van der Waals surface area contributed by atoms with Gasteiger partial charge in [-0.25, -0.2) is 0 Å². The van der Waals surface area contributed by atoms with Gasteiger partial charge in [0.25, 0.3) is 10.1 Å². The quantitative estimate of drug-likeness (QED) is 0.102. The molecule has 11 heteroatoms. The fourth-order valence-electron chi connectivity index (χ4n) is 6.96. The second kappa shape index (κ2) is 13.0. The Labute approximate surface area is 275 Å². The van der Waals surface area contributed by atoms with Gasteiger partial charge in [0, 0.05) is 27.6 Å². The summed E-state index contributed by atoms with van der Waals surface area (Å²) in [5.41, 5.74) is -1.30. The predicted molar refractivity (Wildman–Crippen MR) is 182 cm³/mol. The van der Waals surface area contributed by atoms with E-state index in [0.717, 1.165) is 10.9 Å². The SMILES string of the molecule is CCC(CC)(OS(=O)(=O)c1cccc2c(O)c([N+]#N)ccc12)C(CC)(CC)c1ccc(OS(=O)(=O)c2cccc3ccccc23)cc1. The smallest absolute Gasteiger partial charge is 0.426 e. The molecule has 0 atom stereocenters. The summed E-state index contributed by atoms with van der Waals surface area (Å²) >= 11 is 0. The molecule has 0 heterocycles. The molecule has 0 saturated heterocycles. The van der Waals surface area contributed by atoms with E-state index in [1.54, 1.807) is 42.5 Å². The molecule has 0 saturated carbocycles. The summed E-state index contributed by atoms with van der Waals surface area (Å²) in [5.74, 6) is -0.222. The average molecular weight is 674 g/mol. The summed E-state index contributed by atoms with van der Waals surface area (Å²) in [6.45, 7) is 7.73. The van der Waals surface area contributed by atoms with Crippen molar-refractivity contribution in [3.8, 4) is 11.5 Å². The van der Waals surface area contributed by atoms with E-state index in [1.165, 1.54) is 36.4 Å². The fourth-order valence-corrected chi connectivity index (χ4v) is 9.71. The molecule has 0 spiro atoms. The van der Waals surface area contributed by atoms with Gasteiger partial charge in [0.1, 0.15) is 15.5 Å². The van der Waals surface area contributed by atoms with Crippen LogP contribution < -0.4 is 4.18 Å². The number of phenolic OH excluding ortho intramolecular Hbond substituents is 1. The summed E-state index contributed by atoms with van der Waals surface area (Å²) in [6.07, 6.45) is 1.74. The molecule has 0 aromatic heterocycles. The van der Waals surface area contributed by atoms with Crippen LogP contribution in [0, 0.1) is 5.39 Å². The minimum Gasteiger partial charge on any atom is -0.501 e. The van der Waals surface area contributed by atoms with Crippen molar-refractivity contribution in [2.75, 3.05) is 0 Å². The molecular weight excluding hydrogens is 637 g/mol. The van der Waals surface area contributed by atoms with Gasteiger partial charge in [0.2, 0.25) is 11.1 Å². The van der Waals surface area contributed by atoms with Crippen molar-refractivity contribution in [2.45, 2.75) is 74.2 Å². The van der Waals surface area contributed by atoms with Crippen LogP contribution in [0.25, 0.3) is 26.5 Å². The van der Waals surface area contributed by atoms with Crippen molar-refractivity contribution in [1.82, 2.24) is 0 Å². The number of hydrogen-bond acceptors (Lipinski definition) is 8. The summed E-state index contributed by atoms with van der Waals surface area (Å²) in [5, 5.41) is 21.6. The Hall–Kier alpha value is -4.50. The van der Waals surface area contributed by atoms with Gasteiger partial charge in [-0.15, -0.1) is 0 Å². The first kappa shape index (κ1) is 33.9. The normalized spacial score (nSPS) is 12.7. The Bertz CT molecular complexity index is 2200. The third kappa shape index (κ3) is 5.82. The van der Waals surface area contributed by atoms with Crippen molar-refractivity contribution in [1.29, 1.82) is 5.39 Å². The molecule has 1 N–H and O–H groups in total. The van der Waals surface area contributed by atoms with E-state index < -0.39 is 31.3 Å². The highest BCUT2D eigenvalue weighted by Crippen LogP contribution is 2.50. The van der Waals surface area contributed by atoms with Crippen molar-refractivity contribution in [2.24, 2.45) is 0 Å². The molecule has 0 aliphatic heterocycles. The minimum absolute atomic E-state index is 0.0643. The van der Waals surface area contributed by atoms with Gasteiger partial charge in [-0.1, -0.05) is 88.4 Å². The fraction of sp³-hybridized carbons (Fsp3) is 0.278. The summed E-state index contributed by atoms with van der Waals surface area (Å²) in [7, 11) is -8.56. The van der Waals surface area contributed by atoms with Gasteiger partial charge < -0.3 is 9.29 Å². The van der Waals surface area contributed by atoms with Gasteiger partial charge in [-0.3, -0.25) is 4.18 Å². The van der Waals surface area contributed by atoms with Crippen LogP contribution in [0.3, 0.4) is 0 Å². The van der Waals surface area contributed by atoms with E-state index in [1.807, 2.05) is 45.9 Å². The first-order valence-corrected chi connectivity index (χ1v) is 18.3. The molecule has 0 aliphatic carbocycles. The molecule has 5 aromatic carbocycles. The standard InChI is InChI=1S/C36H36N2O7S2/c1-5-35(6-2,26-19-21-27(22-20-26)44-46(40,41)32-17-11-14-25-13-9-10-15-28(25)32)36(7-3,8-4)45-47(42,43)33-18-12-16-30-29(33)23-24-31(38-37)34(30)39/h9-24H,5-8H2,1-4H3/p+1. The lowest BCUT2D eigenvalue weighted by atomic mass is 9.61. The number of aromatic hydroxyl groups is 1. The third-order valence-electron chi connectivity index (χ3n) is 9.47. The maximum absolute atomic E-state index is 14.1. The lowest BCUT2D eigenvalue weighted by Gasteiger charge is -2.49. The zero-order valence-electron chi connectivity index (χ0n) is 26.7. The highest BCUT2D eigenvalue weighted by Gasteiger charge is 2.52. The monoisotopic (exact) mass is 673 g/mol. The van der Waals surface area contributed by atoms with E-state index >= 15 is 0 Å². The van der Waals surface area contributed by atoms with Crippen LogP contribution in [0.1, 0.15) is 58.9 Å². The molecule has 5 rings (SSSR count). The molecule has 0 radical (unpaired) electrons. The van der Waals surface area contributed by atoms with Crippen molar-refractivity contribution < 1.29 is 30.3 Å². The predicted octanol–water partition coefficient (Wildman–Crippen LogP) is 8.97. The minimum atomic E-state index is -4.41. The van der Waals surface area contributed by atoms with Crippen LogP contribution in [0.15, 0.2) is 107 Å². The van der Waals surface area contributed by atoms with E-state index in [4.69, 9.17) is 8.37 Å². The molecule has 0 amide bonds. The van der Waals surface area contributed by atoms with Crippen LogP contribution in [0.2, 0.25) is 0 Å². The number of rotatable bonds is 12. The Morgan fingerprint density at radius 1 is 0.660 bits per heavy atom. The van der Waals surface area contributed by atoms with E-state index in [-0.39, 0.29) is 37.7 Å². The molecule has 47 heavy (non-hydrogen) atoms. The Kier molecular flexibility index (Phi) is 9.33. The second-order valence-corrected chi connectivity index (χ2v) is 14.5. The number of fused-ring (bicyclic) bond motifs is 2. The van der Waals surface area contributed by atoms with Crippen molar-refractivity contribution >= 4 is 47.5 Å². The number of phenols is 1. The largest absolute Gasteiger partial charge is 0.501 e. The molecule has 0 aliphatic rings.